The molecule has 2 aromatic rings. The van der Waals surface area contributed by atoms with E-state index in [2.05, 4.69) is 0 Å². The van der Waals surface area contributed by atoms with Gasteiger partial charge < -0.3 is 29.2 Å². The van der Waals surface area contributed by atoms with E-state index in [1.807, 2.05) is 0 Å². The number of carbonyl (C=O) groups is 4. The molecule has 0 amide bonds. The zero-order chi connectivity index (χ0) is 30.0. The number of rotatable bonds is 8. The summed E-state index contributed by atoms with van der Waals surface area (Å²) in [6.45, 7) is -0.0777. The smallest absolute Gasteiger partial charge is 0.306 e. The van der Waals surface area contributed by atoms with E-state index in [4.69, 9.17) is 18.9 Å². The molecule has 2 heterocycles. The van der Waals surface area contributed by atoms with E-state index >= 15 is 0 Å². The maximum Gasteiger partial charge on any atom is 0.306 e. The van der Waals surface area contributed by atoms with Crippen LogP contribution in [0.25, 0.3) is 12.2 Å². The van der Waals surface area contributed by atoms with Crippen LogP contribution in [0.15, 0.2) is 82.3 Å². The number of para-hydroxylation sites is 2. The van der Waals surface area contributed by atoms with Gasteiger partial charge in [0.2, 0.25) is 11.6 Å². The number of hydrogen-bond acceptors (Lipinski definition) is 10. The minimum absolute atomic E-state index is 0.0388. The van der Waals surface area contributed by atoms with Gasteiger partial charge in [0.15, 0.2) is 11.5 Å². The maximum atomic E-state index is 13.8. The lowest BCUT2D eigenvalue weighted by Gasteiger charge is -2.31. The summed E-state index contributed by atoms with van der Waals surface area (Å²) in [5.74, 6) is -6.51. The van der Waals surface area contributed by atoms with Crippen molar-refractivity contribution >= 4 is 35.7 Å². The molecule has 0 spiro atoms. The van der Waals surface area contributed by atoms with Crippen LogP contribution >= 0.6 is 0 Å². The standard InChI is InChI=1S/C32H28O10/c1-39-25(33)13-21(19-11-17-7-3-5-9-23(17)41-15-19)27-29(35)31(37)28(32(38)30(27)36)22(14-26(34)40-2)20-12-18-8-4-6-10-24(18)42-16-20/h3-12,21-22,35,38H,13-16H2,1-2H3/t21-,22-/m1/s1. The SMILES string of the molecule is COC(=O)C[C@H](C1=Cc2ccccc2OC1)C1=C(O)C(=O)C([C@H](CC(=O)OC)C2=Cc3ccccc3OC2)=C(O)C1=O. The molecule has 0 bridgehead atoms. The lowest BCUT2D eigenvalue weighted by molar-refractivity contribution is -0.142. The highest BCUT2D eigenvalue weighted by Crippen LogP contribution is 2.41. The van der Waals surface area contributed by atoms with Crippen molar-refractivity contribution in [1.82, 2.24) is 0 Å². The van der Waals surface area contributed by atoms with E-state index in [1.54, 1.807) is 60.7 Å². The van der Waals surface area contributed by atoms with Crippen LogP contribution in [0.4, 0.5) is 0 Å². The van der Waals surface area contributed by atoms with Gasteiger partial charge in [0.05, 0.1) is 38.2 Å². The van der Waals surface area contributed by atoms with E-state index in [9.17, 15) is 29.4 Å². The number of ether oxygens (including phenoxy) is 4. The van der Waals surface area contributed by atoms with Gasteiger partial charge in [-0.1, -0.05) is 36.4 Å². The fraction of sp³-hybridized carbons (Fsp3) is 0.250. The minimum Gasteiger partial charge on any atom is -0.504 e. The number of hydrogen-bond donors (Lipinski definition) is 2. The summed E-state index contributed by atoms with van der Waals surface area (Å²) in [4.78, 5) is 52.4. The van der Waals surface area contributed by atoms with Gasteiger partial charge in [-0.3, -0.25) is 19.2 Å². The largest absolute Gasteiger partial charge is 0.504 e. The third kappa shape index (κ3) is 5.30. The number of ketones is 2. The molecule has 0 radical (unpaired) electrons. The minimum atomic E-state index is -1.14. The topological polar surface area (TPSA) is 146 Å². The number of methoxy groups -OCH3 is 2. The number of benzene rings is 2. The second-order valence-corrected chi connectivity index (χ2v) is 9.94. The number of fused-ring (bicyclic) bond motifs is 2. The Hall–Kier alpha value is -5.12. The fourth-order valence-electron chi connectivity index (χ4n) is 5.37. The molecule has 2 aliphatic heterocycles. The lowest BCUT2D eigenvalue weighted by Crippen LogP contribution is -2.35. The molecule has 0 aromatic heterocycles. The number of aliphatic hydroxyl groups excluding tert-OH is 2. The Balaban J connectivity index is 1.58. The molecule has 2 aromatic carbocycles. The third-order valence-electron chi connectivity index (χ3n) is 7.53. The van der Waals surface area contributed by atoms with Crippen LogP contribution in [0.5, 0.6) is 11.5 Å². The molecule has 42 heavy (non-hydrogen) atoms. The molecule has 0 saturated carbocycles. The molecule has 2 N–H and O–H groups in total. The van der Waals surface area contributed by atoms with Crippen LogP contribution in [0, 0.1) is 11.8 Å². The normalized spacial score (nSPS) is 17.6. The molecule has 0 unspecified atom stereocenters. The Morgan fingerprint density at radius 3 is 1.48 bits per heavy atom. The van der Waals surface area contributed by atoms with Crippen molar-refractivity contribution < 1.29 is 48.3 Å². The first-order valence-electron chi connectivity index (χ1n) is 13.2. The lowest BCUT2D eigenvalue weighted by atomic mass is 9.75. The Kier molecular flexibility index (Phi) is 7.97. The highest BCUT2D eigenvalue weighted by Gasteiger charge is 2.44. The van der Waals surface area contributed by atoms with E-state index in [0.717, 1.165) is 0 Å². The third-order valence-corrected chi connectivity index (χ3v) is 7.53. The molecule has 1 aliphatic carbocycles. The summed E-state index contributed by atoms with van der Waals surface area (Å²) < 4.78 is 21.3. The zero-order valence-corrected chi connectivity index (χ0v) is 22.9. The number of esters is 2. The number of Topliss-reactive ketones (excluding diaryl/α,β-unsaturated/α-hetero) is 2. The molecule has 3 aliphatic rings. The number of carbonyl (C=O) groups excluding carboxylic acids is 4. The van der Waals surface area contributed by atoms with Gasteiger partial charge in [-0.05, 0) is 35.4 Å². The van der Waals surface area contributed by atoms with Gasteiger partial charge in [0.25, 0.3) is 0 Å². The van der Waals surface area contributed by atoms with Crippen LogP contribution in [-0.4, -0.2) is 61.2 Å². The predicted molar refractivity (Wildman–Crippen MR) is 149 cm³/mol. The molecule has 2 atom stereocenters. The molecule has 0 fully saturated rings. The second-order valence-electron chi connectivity index (χ2n) is 9.94. The average molecular weight is 573 g/mol. The molecule has 10 nitrogen and oxygen atoms in total. The summed E-state index contributed by atoms with van der Waals surface area (Å²) in [5, 5.41) is 22.5. The molecule has 10 heteroatoms. The van der Waals surface area contributed by atoms with Gasteiger partial charge in [0, 0.05) is 23.0 Å². The summed E-state index contributed by atoms with van der Waals surface area (Å²) in [7, 11) is 2.35. The first-order valence-corrected chi connectivity index (χ1v) is 13.2. The summed E-state index contributed by atoms with van der Waals surface area (Å²) in [6, 6.07) is 14.2. The first kappa shape index (κ1) is 28.4. The fourth-order valence-corrected chi connectivity index (χ4v) is 5.37. The second kappa shape index (κ2) is 11.8. The highest BCUT2D eigenvalue weighted by atomic mass is 16.5. The van der Waals surface area contributed by atoms with Gasteiger partial charge in [-0.2, -0.15) is 0 Å². The van der Waals surface area contributed by atoms with Crippen molar-refractivity contribution in [2.24, 2.45) is 11.8 Å². The molecular weight excluding hydrogens is 544 g/mol. The Bertz CT molecular complexity index is 1490. The predicted octanol–water partition coefficient (Wildman–Crippen LogP) is 4.07. The zero-order valence-electron chi connectivity index (χ0n) is 22.9. The maximum absolute atomic E-state index is 13.8. The van der Waals surface area contributed by atoms with E-state index in [1.165, 1.54) is 14.2 Å². The van der Waals surface area contributed by atoms with Crippen LogP contribution in [0.2, 0.25) is 0 Å². The summed E-state index contributed by atoms with van der Waals surface area (Å²) >= 11 is 0. The summed E-state index contributed by atoms with van der Waals surface area (Å²) in [5.41, 5.74) is 1.26. The Morgan fingerprint density at radius 1 is 0.714 bits per heavy atom. The van der Waals surface area contributed by atoms with Crippen molar-refractivity contribution in [2.45, 2.75) is 12.8 Å². The van der Waals surface area contributed by atoms with Crippen LogP contribution in [0.3, 0.4) is 0 Å². The van der Waals surface area contributed by atoms with Crippen LogP contribution in [0.1, 0.15) is 24.0 Å². The van der Waals surface area contributed by atoms with Gasteiger partial charge >= 0.3 is 11.9 Å². The first-order chi connectivity index (χ1) is 20.2. The Morgan fingerprint density at radius 2 is 1.10 bits per heavy atom. The average Bonchev–Trinajstić information content (AvgIpc) is 3.02. The monoisotopic (exact) mass is 572 g/mol. The van der Waals surface area contributed by atoms with E-state index in [0.29, 0.717) is 33.8 Å². The van der Waals surface area contributed by atoms with Crippen molar-refractivity contribution in [3.8, 4) is 11.5 Å². The van der Waals surface area contributed by atoms with Crippen LogP contribution in [-0.2, 0) is 28.7 Å². The van der Waals surface area contributed by atoms with E-state index < -0.39 is 70.8 Å². The number of allylic oxidation sites excluding steroid dienone is 2. The molecular formula is C32H28O10. The van der Waals surface area contributed by atoms with E-state index in [-0.39, 0.29) is 13.2 Å². The number of aliphatic hydroxyl groups is 2. The van der Waals surface area contributed by atoms with Gasteiger partial charge in [-0.15, -0.1) is 0 Å². The molecule has 216 valence electrons. The van der Waals surface area contributed by atoms with Crippen molar-refractivity contribution in [3.63, 3.8) is 0 Å². The van der Waals surface area contributed by atoms with Crippen molar-refractivity contribution in [3.05, 3.63) is 93.5 Å². The van der Waals surface area contributed by atoms with Crippen molar-refractivity contribution in [2.75, 3.05) is 27.4 Å². The van der Waals surface area contributed by atoms with Gasteiger partial charge in [-0.25, -0.2) is 0 Å². The van der Waals surface area contributed by atoms with Crippen LogP contribution < -0.4 is 9.47 Å². The quantitative estimate of drug-likeness (QED) is 0.351. The molecule has 5 rings (SSSR count). The van der Waals surface area contributed by atoms with Gasteiger partial charge in [0.1, 0.15) is 24.7 Å². The molecule has 0 saturated heterocycles. The summed E-state index contributed by atoms with van der Waals surface area (Å²) in [6.07, 6.45) is 2.61. The highest BCUT2D eigenvalue weighted by molar-refractivity contribution is 6.24. The Labute approximate surface area is 241 Å². The van der Waals surface area contributed by atoms with Crippen molar-refractivity contribution in [1.29, 1.82) is 0 Å².